The summed E-state index contributed by atoms with van der Waals surface area (Å²) in [7, 11) is 0. The second-order valence-corrected chi connectivity index (χ2v) is 10.2. The van der Waals surface area contributed by atoms with Gasteiger partial charge in [0.15, 0.2) is 0 Å². The number of hydrogen-bond acceptors (Lipinski definition) is 4. The van der Waals surface area contributed by atoms with Crippen LogP contribution < -0.4 is 10.2 Å². The standard InChI is InChI=1S/C27H29F3N4O/c28-27(29,30)23-14-22(9-6-20(23)15-31)34-12-10-26(11-13-34)18-33(16-19-4-2-1-3-5-19)17-24(26)25(35)32-21-7-8-21/h1-6,9,14,21,24H,7-8,10-13,16-18H2,(H,32,35). The highest BCUT2D eigenvalue weighted by molar-refractivity contribution is 5.81. The molecule has 0 bridgehead atoms. The van der Waals surface area contributed by atoms with Gasteiger partial charge in [-0.3, -0.25) is 9.69 Å². The summed E-state index contributed by atoms with van der Waals surface area (Å²) in [6, 6.07) is 16.1. The van der Waals surface area contributed by atoms with Gasteiger partial charge < -0.3 is 10.2 Å². The minimum atomic E-state index is -4.58. The summed E-state index contributed by atoms with van der Waals surface area (Å²) in [6.45, 7) is 3.44. The smallest absolute Gasteiger partial charge is 0.371 e. The summed E-state index contributed by atoms with van der Waals surface area (Å²) < 4.78 is 40.4. The molecule has 1 N–H and O–H groups in total. The summed E-state index contributed by atoms with van der Waals surface area (Å²) in [5.41, 5.74) is 0.238. The number of nitrogens with one attached hydrogen (secondary N) is 1. The van der Waals surface area contributed by atoms with Crippen molar-refractivity contribution in [2.45, 2.75) is 44.4 Å². The van der Waals surface area contributed by atoms with E-state index in [2.05, 4.69) is 22.3 Å². The van der Waals surface area contributed by atoms with Crippen LogP contribution in [0.25, 0.3) is 0 Å². The number of likely N-dealkylation sites (tertiary alicyclic amines) is 1. The summed E-state index contributed by atoms with van der Waals surface area (Å²) in [6.07, 6.45) is -1.03. The van der Waals surface area contributed by atoms with Crippen LogP contribution in [-0.2, 0) is 17.5 Å². The summed E-state index contributed by atoms with van der Waals surface area (Å²) in [4.78, 5) is 17.5. The van der Waals surface area contributed by atoms with Gasteiger partial charge in [0.05, 0.1) is 23.1 Å². The van der Waals surface area contributed by atoms with Crippen LogP contribution in [0.15, 0.2) is 48.5 Å². The van der Waals surface area contributed by atoms with E-state index in [9.17, 15) is 18.0 Å². The molecule has 3 aliphatic rings. The van der Waals surface area contributed by atoms with Crippen LogP contribution in [-0.4, -0.2) is 43.0 Å². The lowest BCUT2D eigenvalue weighted by atomic mass is 9.70. The number of carbonyl (C=O) groups is 1. The lowest BCUT2D eigenvalue weighted by Gasteiger charge is -2.43. The zero-order valence-corrected chi connectivity index (χ0v) is 19.5. The molecule has 2 aromatic carbocycles. The first-order valence-corrected chi connectivity index (χ1v) is 12.2. The normalized spacial score (nSPS) is 22.2. The number of nitriles is 1. The molecule has 2 aromatic rings. The summed E-state index contributed by atoms with van der Waals surface area (Å²) in [5, 5.41) is 12.3. The molecule has 2 aliphatic heterocycles. The largest absolute Gasteiger partial charge is 0.417 e. The molecular formula is C27H29F3N4O. The van der Waals surface area contributed by atoms with Crippen molar-refractivity contribution in [3.05, 3.63) is 65.2 Å². The van der Waals surface area contributed by atoms with Gasteiger partial charge in [0.1, 0.15) is 0 Å². The van der Waals surface area contributed by atoms with Crippen LogP contribution in [0.3, 0.4) is 0 Å². The van der Waals surface area contributed by atoms with Gasteiger partial charge >= 0.3 is 6.18 Å². The van der Waals surface area contributed by atoms with Crippen molar-refractivity contribution in [3.63, 3.8) is 0 Å². The molecule has 1 amide bonds. The Morgan fingerprint density at radius 1 is 1.11 bits per heavy atom. The van der Waals surface area contributed by atoms with Crippen LogP contribution in [0.2, 0.25) is 0 Å². The maximum atomic E-state index is 13.5. The van der Waals surface area contributed by atoms with Gasteiger partial charge in [0.2, 0.25) is 5.91 Å². The number of benzene rings is 2. The van der Waals surface area contributed by atoms with Crippen LogP contribution in [0.1, 0.15) is 42.4 Å². The maximum Gasteiger partial charge on any atom is 0.417 e. The molecule has 2 saturated heterocycles. The Hall–Kier alpha value is -3.05. The van der Waals surface area contributed by atoms with Gasteiger partial charge in [-0.05, 0) is 54.9 Å². The number of halogens is 3. The first kappa shape index (κ1) is 23.7. The number of carbonyl (C=O) groups excluding carboxylic acids is 1. The fraction of sp³-hybridized carbons (Fsp3) is 0.481. The quantitative estimate of drug-likeness (QED) is 0.678. The van der Waals surface area contributed by atoms with E-state index >= 15 is 0 Å². The zero-order chi connectivity index (χ0) is 24.6. The predicted octanol–water partition coefficient (Wildman–Crippen LogP) is 4.57. The van der Waals surface area contributed by atoms with Crippen molar-refractivity contribution in [2.75, 3.05) is 31.1 Å². The van der Waals surface area contributed by atoms with E-state index < -0.39 is 11.7 Å². The molecule has 35 heavy (non-hydrogen) atoms. The molecule has 0 aromatic heterocycles. The van der Waals surface area contributed by atoms with Crippen LogP contribution in [0, 0.1) is 22.7 Å². The van der Waals surface area contributed by atoms with Gasteiger partial charge in [-0.1, -0.05) is 30.3 Å². The molecule has 2 heterocycles. The lowest BCUT2D eigenvalue weighted by Crippen LogP contribution is -2.48. The highest BCUT2D eigenvalue weighted by Gasteiger charge is 2.51. The molecule has 1 saturated carbocycles. The third kappa shape index (κ3) is 5.01. The lowest BCUT2D eigenvalue weighted by molar-refractivity contribution is -0.137. The van der Waals surface area contributed by atoms with E-state index in [1.807, 2.05) is 23.1 Å². The van der Waals surface area contributed by atoms with Crippen LogP contribution in [0.5, 0.6) is 0 Å². The van der Waals surface area contributed by atoms with Crippen LogP contribution in [0.4, 0.5) is 18.9 Å². The monoisotopic (exact) mass is 482 g/mol. The van der Waals surface area contributed by atoms with E-state index in [4.69, 9.17) is 5.26 Å². The molecule has 1 aliphatic carbocycles. The van der Waals surface area contributed by atoms with E-state index in [0.29, 0.717) is 31.4 Å². The van der Waals surface area contributed by atoms with E-state index in [1.165, 1.54) is 11.6 Å². The third-order valence-electron chi connectivity index (χ3n) is 7.76. The topological polar surface area (TPSA) is 59.4 Å². The zero-order valence-electron chi connectivity index (χ0n) is 19.5. The number of piperidine rings is 1. The molecule has 8 heteroatoms. The average Bonchev–Trinajstić information content (AvgIpc) is 3.59. The third-order valence-corrected chi connectivity index (χ3v) is 7.76. The van der Waals surface area contributed by atoms with Crippen molar-refractivity contribution >= 4 is 11.6 Å². The van der Waals surface area contributed by atoms with E-state index in [1.54, 1.807) is 12.1 Å². The number of alkyl halides is 3. The molecule has 5 nitrogen and oxygen atoms in total. The van der Waals surface area contributed by atoms with Crippen molar-refractivity contribution in [3.8, 4) is 6.07 Å². The Kier molecular flexibility index (Phi) is 6.22. The van der Waals surface area contributed by atoms with Gasteiger partial charge in [0, 0.05) is 44.5 Å². The van der Waals surface area contributed by atoms with Gasteiger partial charge in [0.25, 0.3) is 0 Å². The number of hydrogen-bond donors (Lipinski definition) is 1. The molecule has 184 valence electrons. The van der Waals surface area contributed by atoms with E-state index in [0.717, 1.165) is 44.8 Å². The first-order valence-electron chi connectivity index (χ1n) is 12.2. The number of amides is 1. The first-order chi connectivity index (χ1) is 16.8. The predicted molar refractivity (Wildman–Crippen MR) is 126 cm³/mol. The Bertz CT molecular complexity index is 1120. The summed E-state index contributed by atoms with van der Waals surface area (Å²) >= 11 is 0. The van der Waals surface area contributed by atoms with Crippen molar-refractivity contribution in [2.24, 2.45) is 11.3 Å². The van der Waals surface area contributed by atoms with Crippen molar-refractivity contribution < 1.29 is 18.0 Å². The Labute approximate surface area is 203 Å². The maximum absolute atomic E-state index is 13.5. The fourth-order valence-corrected chi connectivity index (χ4v) is 5.70. The SMILES string of the molecule is N#Cc1ccc(N2CCC3(CC2)CN(Cc2ccccc2)CC3C(=O)NC2CC2)cc1C(F)(F)F. The second-order valence-electron chi connectivity index (χ2n) is 10.2. The average molecular weight is 483 g/mol. The van der Waals surface area contributed by atoms with E-state index in [-0.39, 0.29) is 22.8 Å². The molecular weight excluding hydrogens is 453 g/mol. The van der Waals surface area contributed by atoms with Gasteiger partial charge in [-0.25, -0.2) is 0 Å². The van der Waals surface area contributed by atoms with Crippen molar-refractivity contribution in [1.29, 1.82) is 5.26 Å². The molecule has 0 radical (unpaired) electrons. The molecule has 1 spiro atoms. The Morgan fingerprint density at radius 3 is 2.46 bits per heavy atom. The molecule has 5 rings (SSSR count). The highest BCUT2D eigenvalue weighted by Crippen LogP contribution is 2.46. The minimum Gasteiger partial charge on any atom is -0.371 e. The molecule has 1 atom stereocenters. The Morgan fingerprint density at radius 2 is 1.83 bits per heavy atom. The number of nitrogens with zero attached hydrogens (tertiary/aromatic N) is 3. The number of anilines is 1. The molecule has 3 fully saturated rings. The Balaban J connectivity index is 1.33. The molecule has 1 unspecified atom stereocenters. The van der Waals surface area contributed by atoms with Crippen molar-refractivity contribution in [1.82, 2.24) is 10.2 Å². The number of rotatable bonds is 5. The van der Waals surface area contributed by atoms with Gasteiger partial charge in [-0.2, -0.15) is 18.4 Å². The fourth-order valence-electron chi connectivity index (χ4n) is 5.70. The van der Waals surface area contributed by atoms with Crippen LogP contribution >= 0.6 is 0 Å². The highest BCUT2D eigenvalue weighted by atomic mass is 19.4. The summed E-state index contributed by atoms with van der Waals surface area (Å²) in [5.74, 6) is -0.00472. The van der Waals surface area contributed by atoms with Gasteiger partial charge in [-0.15, -0.1) is 0 Å². The minimum absolute atomic E-state index is 0.120. The second kappa shape index (κ2) is 9.19.